The molecule has 0 atom stereocenters. The molecule has 27 heavy (non-hydrogen) atoms. The largest absolute Gasteiger partial charge is 0.493 e. The summed E-state index contributed by atoms with van der Waals surface area (Å²) in [5.74, 6) is 2.29. The molecule has 1 aromatic heterocycles. The highest BCUT2D eigenvalue weighted by atomic mass is 32.1. The molecule has 0 aliphatic rings. The Morgan fingerprint density at radius 1 is 1.11 bits per heavy atom. The zero-order valence-electron chi connectivity index (χ0n) is 15.8. The Labute approximate surface area is 164 Å². The Bertz CT molecular complexity index is 947. The van der Waals surface area contributed by atoms with Gasteiger partial charge in [0, 0.05) is 6.42 Å². The molecule has 0 radical (unpaired) electrons. The lowest BCUT2D eigenvalue weighted by atomic mass is 10.1. The second-order valence-corrected chi connectivity index (χ2v) is 6.62. The molecule has 2 N–H and O–H groups in total. The van der Waals surface area contributed by atoms with Gasteiger partial charge in [-0.15, -0.1) is 0 Å². The van der Waals surface area contributed by atoms with Crippen LogP contribution in [0.2, 0.25) is 0 Å². The van der Waals surface area contributed by atoms with Gasteiger partial charge in [-0.1, -0.05) is 42.8 Å². The van der Waals surface area contributed by atoms with E-state index in [0.717, 1.165) is 29.1 Å². The van der Waals surface area contributed by atoms with Gasteiger partial charge < -0.3 is 14.9 Å². The third-order valence-corrected chi connectivity index (χ3v) is 4.52. The molecule has 0 aliphatic carbocycles. The fraction of sp³-hybridized carbons (Fsp3) is 0.300. The molecule has 142 valence electrons. The van der Waals surface area contributed by atoms with Crippen LogP contribution in [0.4, 0.5) is 0 Å². The van der Waals surface area contributed by atoms with Crippen LogP contribution in [0, 0.1) is 11.7 Å². The van der Waals surface area contributed by atoms with Crippen molar-refractivity contribution in [1.82, 2.24) is 14.9 Å². The Kier molecular flexibility index (Phi) is 6.13. The first-order valence-electron chi connectivity index (χ1n) is 8.86. The second-order valence-electron chi connectivity index (χ2n) is 6.23. The number of rotatable bonds is 8. The first-order chi connectivity index (χ1) is 13.1. The maximum absolute atomic E-state index is 5.93. The van der Waals surface area contributed by atoms with Crippen molar-refractivity contribution >= 4 is 12.2 Å². The van der Waals surface area contributed by atoms with Gasteiger partial charge in [0.15, 0.2) is 17.3 Å². The summed E-state index contributed by atoms with van der Waals surface area (Å²) in [7, 11) is 1.65. The van der Waals surface area contributed by atoms with E-state index >= 15 is 0 Å². The number of H-pyrrole nitrogens is 1. The maximum atomic E-state index is 5.93. The summed E-state index contributed by atoms with van der Waals surface area (Å²) in [6, 6.07) is 14.2. The molecule has 1 heterocycles. The van der Waals surface area contributed by atoms with E-state index in [-0.39, 0.29) is 0 Å². The van der Waals surface area contributed by atoms with Crippen LogP contribution in [0.1, 0.15) is 29.4 Å². The molecular weight excluding hydrogens is 360 g/mol. The molecule has 0 spiro atoms. The lowest BCUT2D eigenvalue weighted by Gasteiger charge is -2.14. The Balaban J connectivity index is 1.67. The Morgan fingerprint density at radius 3 is 2.56 bits per heavy atom. The molecule has 0 bridgehead atoms. The van der Waals surface area contributed by atoms with Gasteiger partial charge in [-0.2, -0.15) is 5.10 Å². The van der Waals surface area contributed by atoms with Crippen molar-refractivity contribution < 1.29 is 9.47 Å². The topological polar surface area (TPSA) is 64.1 Å². The number of methoxy groups -OCH3 is 1. The van der Waals surface area contributed by atoms with E-state index in [4.69, 9.17) is 21.7 Å². The molecule has 0 fully saturated rings. The standard InChI is InChI=1S/C20H24N4O2S/c1-4-19-22-23-20(27)24(19)21-12-16-9-10-17(18(11-16)25-3)26-13-15-7-5-14(2)6-8-15/h5-11,21H,4,12-13H2,1-3H3,(H,23,27). The fourth-order valence-electron chi connectivity index (χ4n) is 2.69. The first-order valence-corrected chi connectivity index (χ1v) is 9.27. The predicted molar refractivity (Wildman–Crippen MR) is 108 cm³/mol. The summed E-state index contributed by atoms with van der Waals surface area (Å²) in [4.78, 5) is 0. The van der Waals surface area contributed by atoms with Gasteiger partial charge in [-0.3, -0.25) is 5.10 Å². The number of hydrogen-bond acceptors (Lipinski definition) is 5. The van der Waals surface area contributed by atoms with E-state index < -0.39 is 0 Å². The summed E-state index contributed by atoms with van der Waals surface area (Å²) in [6.07, 6.45) is 0.787. The fourth-order valence-corrected chi connectivity index (χ4v) is 2.90. The van der Waals surface area contributed by atoms with Gasteiger partial charge in [0.1, 0.15) is 6.61 Å². The molecule has 2 aromatic carbocycles. The molecule has 3 aromatic rings. The van der Waals surface area contributed by atoms with Crippen LogP contribution in [0.5, 0.6) is 11.5 Å². The van der Waals surface area contributed by atoms with Crippen molar-refractivity contribution in [3.63, 3.8) is 0 Å². The monoisotopic (exact) mass is 384 g/mol. The number of ether oxygens (including phenoxy) is 2. The van der Waals surface area contributed by atoms with E-state index in [1.165, 1.54) is 5.56 Å². The summed E-state index contributed by atoms with van der Waals surface area (Å²) in [6.45, 7) is 5.20. The van der Waals surface area contributed by atoms with Crippen LogP contribution < -0.4 is 14.9 Å². The van der Waals surface area contributed by atoms with Crippen molar-refractivity contribution in [2.45, 2.75) is 33.4 Å². The van der Waals surface area contributed by atoms with Gasteiger partial charge >= 0.3 is 0 Å². The van der Waals surface area contributed by atoms with Crippen LogP contribution in [-0.2, 0) is 19.6 Å². The van der Waals surface area contributed by atoms with Gasteiger partial charge in [0.05, 0.1) is 13.7 Å². The maximum Gasteiger partial charge on any atom is 0.214 e. The molecule has 0 unspecified atom stereocenters. The third-order valence-electron chi connectivity index (χ3n) is 4.24. The Morgan fingerprint density at radius 2 is 1.85 bits per heavy atom. The molecule has 7 heteroatoms. The number of aromatic amines is 1. The van der Waals surface area contributed by atoms with Crippen LogP contribution >= 0.6 is 12.2 Å². The molecule has 0 amide bonds. The smallest absolute Gasteiger partial charge is 0.214 e. The minimum atomic E-state index is 0.498. The van der Waals surface area contributed by atoms with E-state index in [1.54, 1.807) is 11.8 Å². The Hall–Kier alpha value is -2.80. The summed E-state index contributed by atoms with van der Waals surface area (Å²) < 4.78 is 13.8. The molecule has 6 nitrogen and oxygen atoms in total. The predicted octanol–water partition coefficient (Wildman–Crippen LogP) is 4.14. The van der Waals surface area contributed by atoms with Crippen molar-refractivity contribution in [3.05, 3.63) is 69.8 Å². The van der Waals surface area contributed by atoms with Gasteiger partial charge in [-0.05, 0) is 42.4 Å². The number of aromatic nitrogens is 3. The molecule has 3 rings (SSSR count). The number of nitrogens with one attached hydrogen (secondary N) is 2. The zero-order chi connectivity index (χ0) is 19.2. The van der Waals surface area contributed by atoms with Gasteiger partial charge in [0.2, 0.25) is 4.77 Å². The van der Waals surface area contributed by atoms with Crippen LogP contribution in [0.3, 0.4) is 0 Å². The van der Waals surface area contributed by atoms with E-state index in [1.807, 2.05) is 25.1 Å². The third kappa shape index (κ3) is 4.68. The summed E-state index contributed by atoms with van der Waals surface area (Å²) in [5, 5.41) is 6.99. The minimum absolute atomic E-state index is 0.498. The van der Waals surface area contributed by atoms with Crippen LogP contribution in [0.15, 0.2) is 42.5 Å². The number of hydrogen-bond donors (Lipinski definition) is 2. The SMILES string of the molecule is CCc1n[nH]c(=S)n1NCc1ccc(OCc2ccc(C)cc2)c(OC)c1. The summed E-state index contributed by atoms with van der Waals surface area (Å²) in [5.41, 5.74) is 6.69. The highest BCUT2D eigenvalue weighted by Crippen LogP contribution is 2.29. The van der Waals surface area contributed by atoms with E-state index in [9.17, 15) is 0 Å². The first kappa shape index (κ1) is 19.0. The van der Waals surface area contributed by atoms with Crippen molar-refractivity contribution in [3.8, 4) is 11.5 Å². The normalized spacial score (nSPS) is 10.6. The van der Waals surface area contributed by atoms with Crippen molar-refractivity contribution in [1.29, 1.82) is 0 Å². The van der Waals surface area contributed by atoms with Gasteiger partial charge in [-0.25, -0.2) is 4.68 Å². The molecule has 0 aliphatic heterocycles. The lowest BCUT2D eigenvalue weighted by Crippen LogP contribution is -2.17. The van der Waals surface area contributed by atoms with Gasteiger partial charge in [0.25, 0.3) is 0 Å². The zero-order valence-corrected chi connectivity index (χ0v) is 16.6. The van der Waals surface area contributed by atoms with Crippen LogP contribution in [0.25, 0.3) is 0 Å². The van der Waals surface area contributed by atoms with E-state index in [0.29, 0.717) is 23.7 Å². The van der Waals surface area contributed by atoms with Crippen molar-refractivity contribution in [2.75, 3.05) is 12.5 Å². The highest BCUT2D eigenvalue weighted by Gasteiger charge is 2.08. The lowest BCUT2D eigenvalue weighted by molar-refractivity contribution is 0.284. The molecule has 0 saturated heterocycles. The summed E-state index contributed by atoms with van der Waals surface area (Å²) >= 11 is 5.25. The minimum Gasteiger partial charge on any atom is -0.493 e. The highest BCUT2D eigenvalue weighted by molar-refractivity contribution is 7.71. The molecule has 0 saturated carbocycles. The average Bonchev–Trinajstić information content (AvgIpc) is 3.05. The number of benzene rings is 2. The van der Waals surface area contributed by atoms with Crippen molar-refractivity contribution in [2.24, 2.45) is 0 Å². The quantitative estimate of drug-likeness (QED) is 0.572. The van der Waals surface area contributed by atoms with E-state index in [2.05, 4.69) is 46.8 Å². The average molecular weight is 385 g/mol. The number of nitrogens with zero attached hydrogens (tertiary/aromatic N) is 2. The second kappa shape index (κ2) is 8.73. The number of aryl methyl sites for hydroxylation is 2. The van der Waals surface area contributed by atoms with Crippen LogP contribution in [-0.4, -0.2) is 22.0 Å². The molecular formula is C20H24N4O2S.